The van der Waals surface area contributed by atoms with Gasteiger partial charge in [-0.3, -0.25) is 0 Å². The van der Waals surface area contributed by atoms with Crippen LogP contribution in [0.4, 0.5) is 0 Å². The van der Waals surface area contributed by atoms with Gasteiger partial charge >= 0.3 is 0 Å². The zero-order chi connectivity index (χ0) is 14.9. The highest BCUT2D eigenvalue weighted by Crippen LogP contribution is 2.33. The summed E-state index contributed by atoms with van der Waals surface area (Å²) in [6.07, 6.45) is 0.663. The number of nitrogens with zero attached hydrogens (tertiary/aromatic N) is 1. The molecule has 1 aromatic carbocycles. The number of sulfonamides is 1. The molecule has 2 rings (SSSR count). The van der Waals surface area contributed by atoms with E-state index in [4.69, 9.17) is 39.5 Å². The molecule has 0 spiro atoms. The second kappa shape index (κ2) is 6.38. The molecule has 20 heavy (non-hydrogen) atoms. The number of hydrogen-bond acceptors (Lipinski definition) is 3. The van der Waals surface area contributed by atoms with Crippen LogP contribution >= 0.6 is 34.8 Å². The van der Waals surface area contributed by atoms with Crippen molar-refractivity contribution < 1.29 is 13.2 Å². The van der Waals surface area contributed by atoms with Crippen LogP contribution in [0.3, 0.4) is 0 Å². The van der Waals surface area contributed by atoms with E-state index in [0.29, 0.717) is 30.2 Å². The van der Waals surface area contributed by atoms with Gasteiger partial charge < -0.3 is 4.74 Å². The molecule has 1 heterocycles. The lowest BCUT2D eigenvalue weighted by atomic mass is 10.2. The molecule has 0 saturated carbocycles. The molecule has 0 aromatic heterocycles. The van der Waals surface area contributed by atoms with Crippen LogP contribution in [-0.2, 0) is 20.6 Å². The van der Waals surface area contributed by atoms with Crippen LogP contribution in [0.5, 0.6) is 0 Å². The summed E-state index contributed by atoms with van der Waals surface area (Å²) in [5, 5.41) is 0.412. The molecule has 0 bridgehead atoms. The van der Waals surface area contributed by atoms with E-state index in [0.717, 1.165) is 0 Å². The minimum atomic E-state index is -3.73. The molecule has 1 aliphatic heterocycles. The summed E-state index contributed by atoms with van der Waals surface area (Å²) in [6.45, 7) is 0.941. The number of benzene rings is 1. The summed E-state index contributed by atoms with van der Waals surface area (Å²) < 4.78 is 31.8. The molecule has 0 radical (unpaired) electrons. The normalized spacial score (nSPS) is 19.8. The summed E-state index contributed by atoms with van der Waals surface area (Å²) >= 11 is 17.8. The fourth-order valence-corrected chi connectivity index (χ4v) is 4.62. The lowest BCUT2D eigenvalue weighted by Gasteiger charge is -2.23. The fourth-order valence-electron chi connectivity index (χ4n) is 2.06. The Morgan fingerprint density at radius 2 is 2.10 bits per heavy atom. The van der Waals surface area contributed by atoms with Gasteiger partial charge in [-0.2, -0.15) is 4.31 Å². The zero-order valence-corrected chi connectivity index (χ0v) is 13.9. The van der Waals surface area contributed by atoms with E-state index >= 15 is 0 Å². The summed E-state index contributed by atoms with van der Waals surface area (Å²) in [5.74, 6) is 0.0954. The van der Waals surface area contributed by atoms with Crippen LogP contribution in [-0.4, -0.2) is 39.0 Å². The molecule has 1 aromatic rings. The first-order valence-electron chi connectivity index (χ1n) is 5.97. The van der Waals surface area contributed by atoms with E-state index in [9.17, 15) is 8.42 Å². The van der Waals surface area contributed by atoms with Crippen LogP contribution in [0, 0.1) is 0 Å². The fraction of sp³-hybridized carbons (Fsp3) is 0.500. The minimum absolute atomic E-state index is 0.0169. The summed E-state index contributed by atoms with van der Waals surface area (Å²) in [5.41, 5.74) is 0.496. The maximum atomic E-state index is 12.6. The molecule has 0 aliphatic carbocycles. The molecule has 1 atom stereocenters. The van der Waals surface area contributed by atoms with Crippen LogP contribution in [0.2, 0.25) is 10.0 Å². The molecule has 4 nitrogen and oxygen atoms in total. The van der Waals surface area contributed by atoms with Gasteiger partial charge in [0.15, 0.2) is 0 Å². The van der Waals surface area contributed by atoms with Crippen molar-refractivity contribution in [1.29, 1.82) is 0 Å². The summed E-state index contributed by atoms with van der Waals surface area (Å²) in [6, 6.07) is 2.73. The molecule has 8 heteroatoms. The van der Waals surface area contributed by atoms with Gasteiger partial charge in [0.1, 0.15) is 4.90 Å². The highest BCUT2D eigenvalue weighted by molar-refractivity contribution is 7.89. The molecule has 1 fully saturated rings. The van der Waals surface area contributed by atoms with Gasteiger partial charge in [0, 0.05) is 24.6 Å². The van der Waals surface area contributed by atoms with Crippen LogP contribution in [0.15, 0.2) is 17.0 Å². The van der Waals surface area contributed by atoms with E-state index in [-0.39, 0.29) is 21.8 Å². The molecule has 1 saturated heterocycles. The van der Waals surface area contributed by atoms with Gasteiger partial charge in [-0.05, 0) is 24.1 Å². The number of alkyl halides is 1. The summed E-state index contributed by atoms with van der Waals surface area (Å²) in [7, 11) is -2.21. The first-order valence-corrected chi connectivity index (χ1v) is 8.70. The molecule has 0 amide bonds. The average Bonchev–Trinajstić information content (AvgIpc) is 2.93. The first-order chi connectivity index (χ1) is 9.37. The Labute approximate surface area is 133 Å². The molecule has 0 N–H and O–H groups in total. The van der Waals surface area contributed by atoms with Crippen LogP contribution in [0.1, 0.15) is 12.0 Å². The van der Waals surface area contributed by atoms with Crippen molar-refractivity contribution in [1.82, 2.24) is 4.31 Å². The lowest BCUT2D eigenvalue weighted by Crippen LogP contribution is -2.37. The van der Waals surface area contributed by atoms with Crippen molar-refractivity contribution >= 4 is 44.8 Å². The quantitative estimate of drug-likeness (QED) is 0.777. The predicted molar refractivity (Wildman–Crippen MR) is 80.2 cm³/mol. The number of halogens is 3. The van der Waals surface area contributed by atoms with Crippen LogP contribution < -0.4 is 0 Å². The highest BCUT2D eigenvalue weighted by Gasteiger charge is 2.32. The Balaban J connectivity index is 2.45. The minimum Gasteiger partial charge on any atom is -0.380 e. The van der Waals surface area contributed by atoms with Crippen molar-refractivity contribution in [2.45, 2.75) is 23.2 Å². The Hall–Kier alpha value is -0.0400. The number of ether oxygens (including phenoxy) is 1. The first kappa shape index (κ1) is 16.3. The third-order valence-electron chi connectivity index (χ3n) is 3.30. The van der Waals surface area contributed by atoms with Crippen LogP contribution in [0.25, 0.3) is 0 Å². The van der Waals surface area contributed by atoms with E-state index in [2.05, 4.69) is 0 Å². The number of hydrogen-bond donors (Lipinski definition) is 0. The Morgan fingerprint density at radius 3 is 2.65 bits per heavy atom. The molecular weight excluding hydrogens is 345 g/mol. The predicted octanol–water partition coefficient (Wildman–Crippen LogP) is 3.14. The Kier molecular flexibility index (Phi) is 5.21. The van der Waals surface area contributed by atoms with Crippen molar-refractivity contribution in [2.75, 3.05) is 20.3 Å². The van der Waals surface area contributed by atoms with E-state index in [1.54, 1.807) is 6.07 Å². The molecule has 1 aliphatic rings. The van der Waals surface area contributed by atoms with Gasteiger partial charge in [0.25, 0.3) is 0 Å². The van der Waals surface area contributed by atoms with E-state index in [1.807, 2.05) is 0 Å². The standard InChI is InChI=1S/C12H14Cl3NO3S/c1-16(10-2-3-19-7-10)20(17,18)11-5-9(14)4-8(6-13)12(11)15/h4-5,10H,2-3,6-7H2,1H3. The van der Waals surface area contributed by atoms with Gasteiger partial charge in [0.2, 0.25) is 10.0 Å². The highest BCUT2D eigenvalue weighted by atomic mass is 35.5. The van der Waals surface area contributed by atoms with Gasteiger partial charge in [-0.25, -0.2) is 8.42 Å². The average molecular weight is 359 g/mol. The SMILES string of the molecule is CN(C1CCOC1)S(=O)(=O)c1cc(Cl)cc(CCl)c1Cl. The van der Waals surface area contributed by atoms with Crippen molar-refractivity contribution in [3.8, 4) is 0 Å². The zero-order valence-electron chi connectivity index (χ0n) is 10.8. The molecule has 1 unspecified atom stereocenters. The maximum Gasteiger partial charge on any atom is 0.244 e. The Morgan fingerprint density at radius 1 is 1.40 bits per heavy atom. The van der Waals surface area contributed by atoms with Crippen molar-refractivity contribution in [3.63, 3.8) is 0 Å². The Bertz CT molecular complexity index is 600. The molecular formula is C12H14Cl3NO3S. The third-order valence-corrected chi connectivity index (χ3v) is 6.30. The topological polar surface area (TPSA) is 46.6 Å². The second-order valence-corrected chi connectivity index (χ2v) is 7.60. The van der Waals surface area contributed by atoms with Crippen molar-refractivity contribution in [2.24, 2.45) is 0 Å². The molecule has 112 valence electrons. The van der Waals surface area contributed by atoms with Crippen molar-refractivity contribution in [3.05, 3.63) is 27.7 Å². The number of rotatable bonds is 4. The van der Waals surface area contributed by atoms with Gasteiger partial charge in [-0.1, -0.05) is 23.2 Å². The van der Waals surface area contributed by atoms with E-state index < -0.39 is 10.0 Å². The lowest BCUT2D eigenvalue weighted by molar-refractivity contribution is 0.181. The monoisotopic (exact) mass is 357 g/mol. The number of likely N-dealkylation sites (N-methyl/N-ethyl adjacent to an activating group) is 1. The summed E-state index contributed by atoms with van der Waals surface area (Å²) in [4.78, 5) is -0.0169. The van der Waals surface area contributed by atoms with Gasteiger partial charge in [-0.15, -0.1) is 11.6 Å². The maximum absolute atomic E-state index is 12.6. The second-order valence-electron chi connectivity index (χ2n) is 4.55. The van der Waals surface area contributed by atoms with Gasteiger partial charge in [0.05, 0.1) is 17.7 Å². The smallest absolute Gasteiger partial charge is 0.244 e. The van der Waals surface area contributed by atoms with E-state index in [1.165, 1.54) is 17.4 Å². The third kappa shape index (κ3) is 3.08. The largest absolute Gasteiger partial charge is 0.380 e.